The molecule has 0 radical (unpaired) electrons. The van der Waals surface area contributed by atoms with Crippen LogP contribution in [0.1, 0.15) is 22.8 Å². The van der Waals surface area contributed by atoms with E-state index in [1.807, 2.05) is 55.5 Å². The average Bonchev–Trinajstić information content (AvgIpc) is 3.13. The summed E-state index contributed by atoms with van der Waals surface area (Å²) in [5.41, 5.74) is 5.21. The molecular weight excluding hydrogens is 390 g/mol. The van der Waals surface area contributed by atoms with Crippen LogP contribution in [0.5, 0.6) is 0 Å². The van der Waals surface area contributed by atoms with Gasteiger partial charge in [0.25, 0.3) is 0 Å². The number of amides is 2. The summed E-state index contributed by atoms with van der Waals surface area (Å²) in [7, 11) is 0. The van der Waals surface area contributed by atoms with Crippen LogP contribution in [0.4, 0.5) is 16.2 Å². The first-order valence-corrected chi connectivity index (χ1v) is 10.1. The van der Waals surface area contributed by atoms with Gasteiger partial charge in [0.15, 0.2) is 0 Å². The van der Waals surface area contributed by atoms with Gasteiger partial charge in [0.1, 0.15) is 0 Å². The molecule has 156 valence electrons. The molecule has 1 aromatic heterocycles. The number of ether oxygens (including phenoxy) is 1. The highest BCUT2D eigenvalue weighted by molar-refractivity contribution is 6.12. The number of anilines is 2. The maximum absolute atomic E-state index is 12.9. The van der Waals surface area contributed by atoms with E-state index in [0.717, 1.165) is 27.7 Å². The van der Waals surface area contributed by atoms with Gasteiger partial charge in [-0.2, -0.15) is 0 Å². The second-order valence-corrected chi connectivity index (χ2v) is 7.13. The lowest BCUT2D eigenvalue weighted by Gasteiger charge is -2.12. The maximum Gasteiger partial charge on any atom is 0.340 e. The molecule has 6 heteroatoms. The third-order valence-corrected chi connectivity index (χ3v) is 4.96. The van der Waals surface area contributed by atoms with Gasteiger partial charge in [-0.3, -0.25) is 0 Å². The minimum atomic E-state index is -0.481. The Labute approximate surface area is 180 Å². The molecule has 31 heavy (non-hydrogen) atoms. The fourth-order valence-corrected chi connectivity index (χ4v) is 3.45. The van der Waals surface area contributed by atoms with Crippen molar-refractivity contribution in [2.45, 2.75) is 13.8 Å². The standard InChI is InChI=1S/C25H23N3O3/c1-3-31-24(29)19-9-5-7-11-21(19)27-25(30)28-23-18-8-4-6-10-20(18)26-22(23)17-14-12-16(2)13-15-17/h4-15,26H,3H2,1-2H3,(H2,27,28,30). The summed E-state index contributed by atoms with van der Waals surface area (Å²) in [5.74, 6) is -0.481. The third-order valence-electron chi connectivity index (χ3n) is 4.96. The largest absolute Gasteiger partial charge is 0.462 e. The van der Waals surface area contributed by atoms with Gasteiger partial charge in [-0.15, -0.1) is 0 Å². The molecule has 3 N–H and O–H groups in total. The normalized spacial score (nSPS) is 10.6. The quantitative estimate of drug-likeness (QED) is 0.353. The highest BCUT2D eigenvalue weighted by atomic mass is 16.5. The molecule has 0 fully saturated rings. The van der Waals surface area contributed by atoms with E-state index in [9.17, 15) is 9.59 Å². The number of aryl methyl sites for hydroxylation is 1. The van der Waals surface area contributed by atoms with E-state index >= 15 is 0 Å². The first-order valence-electron chi connectivity index (χ1n) is 10.1. The lowest BCUT2D eigenvalue weighted by molar-refractivity contribution is 0.0527. The average molecular weight is 413 g/mol. The summed E-state index contributed by atoms with van der Waals surface area (Å²) in [4.78, 5) is 28.5. The van der Waals surface area contributed by atoms with E-state index in [-0.39, 0.29) is 6.61 Å². The fraction of sp³-hybridized carbons (Fsp3) is 0.120. The summed E-state index contributed by atoms with van der Waals surface area (Å²) in [5, 5.41) is 6.63. The molecular formula is C25H23N3O3. The fourth-order valence-electron chi connectivity index (χ4n) is 3.45. The van der Waals surface area contributed by atoms with E-state index in [1.165, 1.54) is 0 Å². The van der Waals surface area contributed by atoms with Crippen LogP contribution in [0.3, 0.4) is 0 Å². The van der Waals surface area contributed by atoms with Crippen LogP contribution < -0.4 is 10.6 Å². The SMILES string of the molecule is CCOC(=O)c1ccccc1NC(=O)Nc1c(-c2ccc(C)cc2)[nH]c2ccccc12. The Morgan fingerprint density at radius 3 is 2.39 bits per heavy atom. The summed E-state index contributed by atoms with van der Waals surface area (Å²) in [6.45, 7) is 4.03. The Bertz CT molecular complexity index is 1240. The topological polar surface area (TPSA) is 83.2 Å². The van der Waals surface area contributed by atoms with Crippen LogP contribution >= 0.6 is 0 Å². The zero-order chi connectivity index (χ0) is 21.8. The van der Waals surface area contributed by atoms with Crippen molar-refractivity contribution in [1.29, 1.82) is 0 Å². The Kier molecular flexibility index (Phi) is 5.71. The van der Waals surface area contributed by atoms with Crippen LogP contribution in [0, 0.1) is 6.92 Å². The molecule has 0 saturated heterocycles. The number of aromatic amines is 1. The van der Waals surface area contributed by atoms with Gasteiger partial charge in [0.05, 0.1) is 29.2 Å². The van der Waals surface area contributed by atoms with Crippen LogP contribution in [0.2, 0.25) is 0 Å². The smallest absolute Gasteiger partial charge is 0.340 e. The maximum atomic E-state index is 12.9. The summed E-state index contributed by atoms with van der Waals surface area (Å²) >= 11 is 0. The minimum absolute atomic E-state index is 0.259. The van der Waals surface area contributed by atoms with Crippen molar-refractivity contribution in [3.05, 3.63) is 83.9 Å². The predicted octanol–water partition coefficient (Wildman–Crippen LogP) is 5.96. The van der Waals surface area contributed by atoms with Crippen molar-refractivity contribution in [2.24, 2.45) is 0 Å². The Balaban J connectivity index is 1.66. The van der Waals surface area contributed by atoms with E-state index in [0.29, 0.717) is 16.9 Å². The highest BCUT2D eigenvalue weighted by Gasteiger charge is 2.18. The van der Waals surface area contributed by atoms with E-state index in [4.69, 9.17) is 4.74 Å². The van der Waals surface area contributed by atoms with Gasteiger partial charge in [-0.05, 0) is 32.0 Å². The van der Waals surface area contributed by atoms with Crippen LogP contribution in [-0.4, -0.2) is 23.6 Å². The molecule has 0 atom stereocenters. The number of hydrogen-bond donors (Lipinski definition) is 3. The number of carbonyl (C=O) groups excluding carboxylic acids is 2. The van der Waals surface area contributed by atoms with Crippen molar-refractivity contribution in [2.75, 3.05) is 17.2 Å². The number of urea groups is 1. The summed E-state index contributed by atoms with van der Waals surface area (Å²) in [6.07, 6.45) is 0. The Hall–Kier alpha value is -4.06. The summed E-state index contributed by atoms with van der Waals surface area (Å²) < 4.78 is 5.08. The second kappa shape index (κ2) is 8.75. The van der Waals surface area contributed by atoms with Gasteiger partial charge in [0, 0.05) is 16.5 Å². The molecule has 1 heterocycles. The number of benzene rings is 3. The van der Waals surface area contributed by atoms with E-state index in [1.54, 1.807) is 31.2 Å². The number of para-hydroxylation sites is 2. The van der Waals surface area contributed by atoms with Gasteiger partial charge < -0.3 is 20.4 Å². The number of hydrogen-bond acceptors (Lipinski definition) is 3. The second-order valence-electron chi connectivity index (χ2n) is 7.13. The number of nitrogens with one attached hydrogen (secondary N) is 3. The first-order chi connectivity index (χ1) is 15.1. The molecule has 0 spiro atoms. The lowest BCUT2D eigenvalue weighted by atomic mass is 10.1. The number of esters is 1. The number of H-pyrrole nitrogens is 1. The number of rotatable bonds is 5. The predicted molar refractivity (Wildman–Crippen MR) is 124 cm³/mol. The van der Waals surface area contributed by atoms with Gasteiger partial charge >= 0.3 is 12.0 Å². The molecule has 4 aromatic rings. The van der Waals surface area contributed by atoms with Crippen molar-refractivity contribution >= 4 is 34.3 Å². The van der Waals surface area contributed by atoms with Crippen molar-refractivity contribution in [1.82, 2.24) is 4.98 Å². The Morgan fingerprint density at radius 1 is 0.903 bits per heavy atom. The van der Waals surface area contributed by atoms with Crippen LogP contribution in [-0.2, 0) is 4.74 Å². The number of aromatic nitrogens is 1. The van der Waals surface area contributed by atoms with Crippen molar-refractivity contribution in [3.63, 3.8) is 0 Å². The lowest BCUT2D eigenvalue weighted by Crippen LogP contribution is -2.21. The molecule has 0 aliphatic carbocycles. The van der Waals surface area contributed by atoms with Crippen molar-refractivity contribution in [3.8, 4) is 11.3 Å². The van der Waals surface area contributed by atoms with Crippen LogP contribution in [0.25, 0.3) is 22.2 Å². The van der Waals surface area contributed by atoms with E-state index < -0.39 is 12.0 Å². The zero-order valence-electron chi connectivity index (χ0n) is 17.4. The van der Waals surface area contributed by atoms with Crippen LogP contribution in [0.15, 0.2) is 72.8 Å². The monoisotopic (exact) mass is 413 g/mol. The van der Waals surface area contributed by atoms with Gasteiger partial charge in [-0.25, -0.2) is 9.59 Å². The molecule has 0 aliphatic rings. The molecule has 0 saturated carbocycles. The Morgan fingerprint density at radius 2 is 1.61 bits per heavy atom. The van der Waals surface area contributed by atoms with Crippen molar-refractivity contribution < 1.29 is 14.3 Å². The van der Waals surface area contributed by atoms with E-state index in [2.05, 4.69) is 15.6 Å². The summed E-state index contributed by atoms with van der Waals surface area (Å²) in [6, 6.07) is 22.2. The molecule has 0 bridgehead atoms. The molecule has 0 aliphatic heterocycles. The number of fused-ring (bicyclic) bond motifs is 1. The molecule has 4 rings (SSSR count). The van der Waals surface area contributed by atoms with Gasteiger partial charge in [0.2, 0.25) is 0 Å². The molecule has 0 unspecified atom stereocenters. The number of carbonyl (C=O) groups is 2. The zero-order valence-corrected chi connectivity index (χ0v) is 17.4. The molecule has 6 nitrogen and oxygen atoms in total. The first kappa shape index (κ1) is 20.2. The minimum Gasteiger partial charge on any atom is -0.462 e. The highest BCUT2D eigenvalue weighted by Crippen LogP contribution is 2.35. The van der Waals surface area contributed by atoms with Gasteiger partial charge in [-0.1, -0.05) is 60.2 Å². The molecule has 2 amide bonds. The molecule has 3 aromatic carbocycles. The third kappa shape index (κ3) is 4.28.